The van der Waals surface area contributed by atoms with E-state index in [-0.39, 0.29) is 0 Å². The summed E-state index contributed by atoms with van der Waals surface area (Å²) in [5, 5.41) is 3.30. The van der Waals surface area contributed by atoms with Crippen LogP contribution in [0, 0.1) is 0 Å². The van der Waals surface area contributed by atoms with Gasteiger partial charge in [0.05, 0.1) is 19.0 Å². The van der Waals surface area contributed by atoms with Crippen LogP contribution in [0.3, 0.4) is 0 Å². The third kappa shape index (κ3) is 3.17. The number of methoxy groups -OCH3 is 1. The fourth-order valence-corrected chi connectivity index (χ4v) is 1.88. The van der Waals surface area contributed by atoms with Crippen LogP contribution in [0.2, 0.25) is 0 Å². The zero-order valence-corrected chi connectivity index (χ0v) is 11.6. The molecule has 0 aliphatic carbocycles. The highest BCUT2D eigenvalue weighted by Crippen LogP contribution is 2.12. The van der Waals surface area contributed by atoms with Crippen LogP contribution < -0.4 is 10.1 Å². The molecule has 0 aliphatic heterocycles. The predicted octanol–water partition coefficient (Wildman–Crippen LogP) is 2.28. The third-order valence-electron chi connectivity index (χ3n) is 3.02. The largest absolute Gasteiger partial charge is 0.481 e. The molecule has 0 atom stereocenters. The summed E-state index contributed by atoms with van der Waals surface area (Å²) in [6.07, 6.45) is 8.90. The average Bonchev–Trinajstić information content (AvgIpc) is 3.08. The van der Waals surface area contributed by atoms with Crippen LogP contribution in [0.5, 0.6) is 5.88 Å². The van der Waals surface area contributed by atoms with E-state index in [4.69, 9.17) is 4.74 Å². The first-order valence-electron chi connectivity index (χ1n) is 6.52. The van der Waals surface area contributed by atoms with Crippen molar-refractivity contribution in [2.75, 3.05) is 12.4 Å². The number of nitrogens with one attached hydrogen (secondary N) is 1. The van der Waals surface area contributed by atoms with Gasteiger partial charge < -0.3 is 10.1 Å². The van der Waals surface area contributed by atoms with Crippen molar-refractivity contribution in [1.29, 1.82) is 0 Å². The molecular formula is C15H15N5O. The lowest BCUT2D eigenvalue weighted by Gasteiger charge is -2.07. The molecule has 3 heterocycles. The molecule has 3 rings (SSSR count). The zero-order valence-electron chi connectivity index (χ0n) is 11.6. The van der Waals surface area contributed by atoms with E-state index in [1.54, 1.807) is 32.0 Å². The molecule has 0 amide bonds. The Hall–Kier alpha value is -2.89. The Bertz CT molecular complexity index is 677. The summed E-state index contributed by atoms with van der Waals surface area (Å²) in [6, 6.07) is 7.75. The quantitative estimate of drug-likeness (QED) is 0.777. The molecular weight excluding hydrogens is 266 g/mol. The molecule has 21 heavy (non-hydrogen) atoms. The molecule has 0 aliphatic rings. The van der Waals surface area contributed by atoms with Gasteiger partial charge in [0.1, 0.15) is 12.1 Å². The first-order chi connectivity index (χ1) is 10.3. The van der Waals surface area contributed by atoms with Gasteiger partial charge >= 0.3 is 0 Å². The fraction of sp³-hybridized carbons (Fsp3) is 0.133. The van der Waals surface area contributed by atoms with Crippen LogP contribution >= 0.6 is 0 Å². The number of rotatable bonds is 5. The highest BCUT2D eigenvalue weighted by molar-refractivity contribution is 5.44. The van der Waals surface area contributed by atoms with Gasteiger partial charge in [-0.25, -0.2) is 15.0 Å². The molecule has 0 bridgehead atoms. The summed E-state index contributed by atoms with van der Waals surface area (Å²) in [4.78, 5) is 12.6. The Morgan fingerprint density at radius 3 is 2.71 bits per heavy atom. The summed E-state index contributed by atoms with van der Waals surface area (Å²) in [6.45, 7) is 0.684. The van der Waals surface area contributed by atoms with Crippen molar-refractivity contribution in [1.82, 2.24) is 19.5 Å². The first-order valence-corrected chi connectivity index (χ1v) is 6.52. The summed E-state index contributed by atoms with van der Waals surface area (Å²) < 4.78 is 6.89. The van der Waals surface area contributed by atoms with Crippen molar-refractivity contribution in [2.24, 2.45) is 0 Å². The van der Waals surface area contributed by atoms with Gasteiger partial charge in [-0.3, -0.25) is 4.57 Å². The molecule has 0 aromatic carbocycles. The van der Waals surface area contributed by atoms with Gasteiger partial charge in [0.2, 0.25) is 5.88 Å². The maximum absolute atomic E-state index is 5.03. The molecule has 0 spiro atoms. The fourth-order valence-electron chi connectivity index (χ4n) is 1.88. The molecule has 6 nitrogen and oxygen atoms in total. The second-order valence-corrected chi connectivity index (χ2v) is 4.44. The minimum absolute atomic E-state index is 0.616. The van der Waals surface area contributed by atoms with Gasteiger partial charge in [0.15, 0.2) is 0 Å². The number of anilines is 1. The molecule has 1 N–H and O–H groups in total. The second kappa shape index (κ2) is 6.04. The van der Waals surface area contributed by atoms with Crippen LogP contribution in [0.1, 0.15) is 5.56 Å². The zero-order chi connectivity index (χ0) is 14.5. The van der Waals surface area contributed by atoms with Crippen molar-refractivity contribution < 1.29 is 4.74 Å². The normalized spacial score (nSPS) is 10.3. The second-order valence-electron chi connectivity index (χ2n) is 4.44. The summed E-state index contributed by atoms with van der Waals surface area (Å²) in [5.41, 5.74) is 2.03. The molecule has 0 radical (unpaired) electrons. The van der Waals surface area contributed by atoms with Crippen molar-refractivity contribution >= 4 is 5.69 Å². The third-order valence-corrected chi connectivity index (χ3v) is 3.02. The van der Waals surface area contributed by atoms with Gasteiger partial charge in [-0.15, -0.1) is 0 Å². The average molecular weight is 281 g/mol. The van der Waals surface area contributed by atoms with E-state index in [9.17, 15) is 0 Å². The van der Waals surface area contributed by atoms with Gasteiger partial charge in [0.25, 0.3) is 0 Å². The van der Waals surface area contributed by atoms with E-state index in [0.717, 1.165) is 17.1 Å². The Labute approximate surface area is 122 Å². The maximum Gasteiger partial charge on any atom is 0.212 e. The number of hydrogen-bond donors (Lipinski definition) is 1. The number of imidazole rings is 1. The minimum atomic E-state index is 0.616. The molecule has 3 aromatic rings. The number of hydrogen-bond acceptors (Lipinski definition) is 5. The van der Waals surface area contributed by atoms with Crippen molar-refractivity contribution in [2.45, 2.75) is 6.54 Å². The number of nitrogens with zero attached hydrogens (tertiary/aromatic N) is 4. The lowest BCUT2D eigenvalue weighted by molar-refractivity contribution is 0.397. The number of ether oxygens (including phenoxy) is 1. The smallest absolute Gasteiger partial charge is 0.212 e. The Morgan fingerprint density at radius 2 is 2.10 bits per heavy atom. The standard InChI is InChI=1S/C15H15N5O/c1-21-15-5-2-12(9-19-15)8-17-13-3-4-14(18-10-13)20-7-6-16-11-20/h2-7,9-11,17H,8H2,1H3. The molecule has 0 unspecified atom stereocenters. The van der Waals surface area contributed by atoms with Gasteiger partial charge in [-0.05, 0) is 17.7 Å². The lowest BCUT2D eigenvalue weighted by atomic mass is 10.3. The minimum Gasteiger partial charge on any atom is -0.481 e. The van der Waals surface area contributed by atoms with Crippen LogP contribution in [0.4, 0.5) is 5.69 Å². The summed E-state index contributed by atoms with van der Waals surface area (Å²) in [5.74, 6) is 1.45. The van der Waals surface area contributed by atoms with Crippen molar-refractivity contribution in [3.05, 3.63) is 60.9 Å². The van der Waals surface area contributed by atoms with Crippen LogP contribution in [0.25, 0.3) is 5.82 Å². The molecule has 0 saturated carbocycles. The molecule has 6 heteroatoms. The highest BCUT2D eigenvalue weighted by Gasteiger charge is 1.99. The van der Waals surface area contributed by atoms with Crippen LogP contribution in [0.15, 0.2) is 55.4 Å². The van der Waals surface area contributed by atoms with E-state index >= 15 is 0 Å². The van der Waals surface area contributed by atoms with Crippen LogP contribution in [-0.4, -0.2) is 26.6 Å². The van der Waals surface area contributed by atoms with Gasteiger partial charge in [-0.2, -0.15) is 0 Å². The lowest BCUT2D eigenvalue weighted by Crippen LogP contribution is -2.01. The Balaban J connectivity index is 1.62. The highest BCUT2D eigenvalue weighted by atomic mass is 16.5. The van der Waals surface area contributed by atoms with Crippen molar-refractivity contribution in [3.8, 4) is 11.7 Å². The van der Waals surface area contributed by atoms with Gasteiger partial charge in [0, 0.05) is 31.2 Å². The molecule has 106 valence electrons. The predicted molar refractivity (Wildman–Crippen MR) is 79.5 cm³/mol. The monoisotopic (exact) mass is 281 g/mol. The van der Waals surface area contributed by atoms with Crippen LogP contribution in [-0.2, 0) is 6.54 Å². The van der Waals surface area contributed by atoms with E-state index in [0.29, 0.717) is 12.4 Å². The van der Waals surface area contributed by atoms with E-state index < -0.39 is 0 Å². The topological polar surface area (TPSA) is 64.9 Å². The number of pyridine rings is 2. The summed E-state index contributed by atoms with van der Waals surface area (Å²) >= 11 is 0. The Kier molecular flexibility index (Phi) is 3.77. The first kappa shape index (κ1) is 13.1. The van der Waals surface area contributed by atoms with Crippen molar-refractivity contribution in [3.63, 3.8) is 0 Å². The Morgan fingerprint density at radius 1 is 1.14 bits per heavy atom. The summed E-state index contributed by atoms with van der Waals surface area (Å²) in [7, 11) is 1.60. The number of aromatic nitrogens is 4. The van der Waals surface area contributed by atoms with E-state index in [1.807, 2.05) is 35.0 Å². The maximum atomic E-state index is 5.03. The van der Waals surface area contributed by atoms with Gasteiger partial charge in [-0.1, -0.05) is 6.07 Å². The molecule has 3 aromatic heterocycles. The SMILES string of the molecule is COc1ccc(CNc2ccc(-n3ccnc3)nc2)cn1. The molecule has 0 fully saturated rings. The van der Waals surface area contributed by atoms with E-state index in [1.165, 1.54) is 0 Å². The molecule has 0 saturated heterocycles. The van der Waals surface area contributed by atoms with E-state index in [2.05, 4.69) is 20.3 Å².